The molecule has 0 saturated carbocycles. The van der Waals surface area contributed by atoms with E-state index in [4.69, 9.17) is 17.3 Å². The summed E-state index contributed by atoms with van der Waals surface area (Å²) in [6.45, 7) is 1.87. The first-order valence-electron chi connectivity index (χ1n) is 5.60. The van der Waals surface area contributed by atoms with Crippen molar-refractivity contribution in [1.82, 2.24) is 0 Å². The lowest BCUT2D eigenvalue weighted by atomic mass is 10.1. The molecule has 3 N–H and O–H groups in total. The fourth-order valence-electron chi connectivity index (χ4n) is 1.63. The van der Waals surface area contributed by atoms with Gasteiger partial charge >= 0.3 is 0 Å². The molecule has 0 aliphatic rings. The van der Waals surface area contributed by atoms with Crippen LogP contribution < -0.4 is 11.1 Å². The molecule has 1 amide bonds. The maximum absolute atomic E-state index is 12.1. The molecular weight excluding hydrogens is 375 g/mol. The summed E-state index contributed by atoms with van der Waals surface area (Å²) in [6, 6.07) is 10.7. The van der Waals surface area contributed by atoms with Crippen molar-refractivity contribution in [2.75, 3.05) is 11.1 Å². The monoisotopic (exact) mass is 386 g/mol. The molecule has 0 aliphatic heterocycles. The number of nitrogens with one attached hydrogen (secondary N) is 1. The summed E-state index contributed by atoms with van der Waals surface area (Å²) in [4.78, 5) is 12.1. The first kappa shape index (κ1) is 14.1. The highest BCUT2D eigenvalue weighted by Crippen LogP contribution is 2.27. The van der Waals surface area contributed by atoms with Gasteiger partial charge in [0.05, 0.1) is 10.7 Å². The summed E-state index contributed by atoms with van der Waals surface area (Å²) < 4.78 is 1.08. The smallest absolute Gasteiger partial charge is 0.255 e. The van der Waals surface area contributed by atoms with E-state index in [0.717, 1.165) is 9.13 Å². The maximum atomic E-state index is 12.1. The minimum absolute atomic E-state index is 0.166. The number of aryl methyl sites for hydroxylation is 1. The third-order valence-electron chi connectivity index (χ3n) is 2.70. The van der Waals surface area contributed by atoms with Crippen molar-refractivity contribution in [3.8, 4) is 0 Å². The summed E-state index contributed by atoms with van der Waals surface area (Å²) in [5.41, 5.74) is 8.36. The van der Waals surface area contributed by atoms with Crippen LogP contribution in [0.5, 0.6) is 0 Å². The summed E-state index contributed by atoms with van der Waals surface area (Å²) in [7, 11) is 0. The van der Waals surface area contributed by atoms with E-state index in [1.807, 2.05) is 19.1 Å². The number of benzene rings is 2. The lowest BCUT2D eigenvalue weighted by Crippen LogP contribution is -2.13. The van der Waals surface area contributed by atoms with Gasteiger partial charge < -0.3 is 11.1 Å². The highest BCUT2D eigenvalue weighted by molar-refractivity contribution is 14.1. The molecule has 0 atom stereocenters. The van der Waals surface area contributed by atoms with Gasteiger partial charge in [-0.15, -0.1) is 0 Å². The van der Waals surface area contributed by atoms with Crippen LogP contribution in [0.15, 0.2) is 36.4 Å². The van der Waals surface area contributed by atoms with Gasteiger partial charge in [0, 0.05) is 14.8 Å². The van der Waals surface area contributed by atoms with Crippen LogP contribution in [0.3, 0.4) is 0 Å². The number of rotatable bonds is 2. The number of carbonyl (C=O) groups is 1. The Labute approximate surface area is 130 Å². The number of hydrogen-bond donors (Lipinski definition) is 2. The molecule has 2 aromatic carbocycles. The lowest BCUT2D eigenvalue weighted by molar-refractivity contribution is 0.102. The van der Waals surface area contributed by atoms with Crippen molar-refractivity contribution in [1.29, 1.82) is 0 Å². The molecule has 0 saturated heterocycles. The zero-order chi connectivity index (χ0) is 14.0. The largest absolute Gasteiger partial charge is 0.398 e. The van der Waals surface area contributed by atoms with E-state index in [1.54, 1.807) is 24.3 Å². The SMILES string of the molecule is Cc1cc(N)c(Cl)cc1NC(=O)c1ccc(I)cc1. The zero-order valence-corrected chi connectivity index (χ0v) is 13.1. The topological polar surface area (TPSA) is 55.1 Å². The number of carbonyl (C=O) groups excluding carboxylic acids is 1. The molecular formula is C14H12ClIN2O. The number of hydrogen-bond acceptors (Lipinski definition) is 2. The average molecular weight is 387 g/mol. The molecule has 5 heteroatoms. The fourth-order valence-corrected chi connectivity index (χ4v) is 2.16. The van der Waals surface area contributed by atoms with E-state index in [1.165, 1.54) is 0 Å². The van der Waals surface area contributed by atoms with Gasteiger partial charge in [0.1, 0.15) is 0 Å². The van der Waals surface area contributed by atoms with Gasteiger partial charge in [-0.2, -0.15) is 0 Å². The van der Waals surface area contributed by atoms with Gasteiger partial charge in [0.25, 0.3) is 5.91 Å². The molecule has 0 aliphatic carbocycles. The minimum atomic E-state index is -0.166. The summed E-state index contributed by atoms with van der Waals surface area (Å²) in [6.07, 6.45) is 0. The van der Waals surface area contributed by atoms with E-state index in [9.17, 15) is 4.79 Å². The van der Waals surface area contributed by atoms with Crippen molar-refractivity contribution in [3.05, 3.63) is 56.1 Å². The van der Waals surface area contributed by atoms with Crippen molar-refractivity contribution < 1.29 is 4.79 Å². The molecule has 0 fully saturated rings. The average Bonchev–Trinajstić information content (AvgIpc) is 2.36. The Morgan fingerprint density at radius 2 is 1.89 bits per heavy atom. The molecule has 0 radical (unpaired) electrons. The van der Waals surface area contributed by atoms with Gasteiger partial charge in [0.15, 0.2) is 0 Å². The van der Waals surface area contributed by atoms with E-state index in [2.05, 4.69) is 27.9 Å². The number of amides is 1. The van der Waals surface area contributed by atoms with E-state index in [0.29, 0.717) is 22.0 Å². The Hall–Kier alpha value is -1.27. The molecule has 2 rings (SSSR count). The van der Waals surface area contributed by atoms with Crippen molar-refractivity contribution in [2.24, 2.45) is 0 Å². The van der Waals surface area contributed by atoms with Crippen LogP contribution in [-0.4, -0.2) is 5.91 Å². The van der Waals surface area contributed by atoms with Crippen LogP contribution in [0.25, 0.3) is 0 Å². The number of nitrogens with two attached hydrogens (primary N) is 1. The second-order valence-corrected chi connectivity index (χ2v) is 5.80. The molecule has 0 spiro atoms. The van der Waals surface area contributed by atoms with Gasteiger partial charge in [-0.3, -0.25) is 4.79 Å². The van der Waals surface area contributed by atoms with Crippen LogP contribution in [0.1, 0.15) is 15.9 Å². The van der Waals surface area contributed by atoms with Crippen LogP contribution in [0.4, 0.5) is 11.4 Å². The maximum Gasteiger partial charge on any atom is 0.255 e. The van der Waals surface area contributed by atoms with Crippen LogP contribution >= 0.6 is 34.2 Å². The fraction of sp³-hybridized carbons (Fsp3) is 0.0714. The first-order chi connectivity index (χ1) is 8.97. The highest BCUT2D eigenvalue weighted by atomic mass is 127. The Morgan fingerprint density at radius 3 is 2.53 bits per heavy atom. The van der Waals surface area contributed by atoms with Gasteiger partial charge in [0.2, 0.25) is 0 Å². The Bertz CT molecular complexity index is 626. The lowest BCUT2D eigenvalue weighted by Gasteiger charge is -2.10. The third-order valence-corrected chi connectivity index (χ3v) is 3.74. The molecule has 0 bridgehead atoms. The van der Waals surface area contributed by atoms with Gasteiger partial charge in [-0.1, -0.05) is 11.6 Å². The minimum Gasteiger partial charge on any atom is -0.398 e. The van der Waals surface area contributed by atoms with Gasteiger partial charge in [-0.25, -0.2) is 0 Å². The molecule has 0 heterocycles. The predicted molar refractivity (Wildman–Crippen MR) is 87.7 cm³/mol. The normalized spacial score (nSPS) is 10.3. The number of anilines is 2. The summed E-state index contributed by atoms with van der Waals surface area (Å²) in [5.74, 6) is -0.166. The summed E-state index contributed by atoms with van der Waals surface area (Å²) in [5, 5.41) is 3.27. The number of halogens is 2. The molecule has 3 nitrogen and oxygen atoms in total. The quantitative estimate of drug-likeness (QED) is 0.603. The van der Waals surface area contributed by atoms with E-state index < -0.39 is 0 Å². The van der Waals surface area contributed by atoms with Crippen molar-refractivity contribution in [3.63, 3.8) is 0 Å². The third kappa shape index (κ3) is 3.39. The molecule has 2 aromatic rings. The second kappa shape index (κ2) is 5.79. The second-order valence-electron chi connectivity index (χ2n) is 4.15. The summed E-state index contributed by atoms with van der Waals surface area (Å²) >= 11 is 8.15. The van der Waals surface area contributed by atoms with Crippen LogP contribution in [0, 0.1) is 10.5 Å². The standard InChI is InChI=1S/C14H12ClIN2O/c1-8-6-12(17)11(15)7-13(8)18-14(19)9-2-4-10(16)5-3-9/h2-7H,17H2,1H3,(H,18,19). The zero-order valence-electron chi connectivity index (χ0n) is 10.2. The molecule has 98 valence electrons. The van der Waals surface area contributed by atoms with Crippen molar-refractivity contribution >= 4 is 51.5 Å². The van der Waals surface area contributed by atoms with Crippen LogP contribution in [-0.2, 0) is 0 Å². The highest BCUT2D eigenvalue weighted by Gasteiger charge is 2.09. The number of nitrogen functional groups attached to an aromatic ring is 1. The van der Waals surface area contributed by atoms with Crippen molar-refractivity contribution in [2.45, 2.75) is 6.92 Å². The molecule has 0 aromatic heterocycles. The first-order valence-corrected chi connectivity index (χ1v) is 7.05. The van der Waals surface area contributed by atoms with Crippen LogP contribution in [0.2, 0.25) is 5.02 Å². The Morgan fingerprint density at radius 1 is 1.26 bits per heavy atom. The van der Waals surface area contributed by atoms with E-state index >= 15 is 0 Å². The predicted octanol–water partition coefficient (Wildman–Crippen LogP) is 4.09. The van der Waals surface area contributed by atoms with E-state index in [-0.39, 0.29) is 5.91 Å². The Kier molecular flexibility index (Phi) is 4.31. The Balaban J connectivity index is 2.24. The molecule has 0 unspecified atom stereocenters. The van der Waals surface area contributed by atoms with Gasteiger partial charge in [-0.05, 0) is 71.5 Å². The molecule has 19 heavy (non-hydrogen) atoms.